The molecule has 2 aromatic rings. The van der Waals surface area contributed by atoms with Crippen molar-refractivity contribution in [3.63, 3.8) is 0 Å². The van der Waals surface area contributed by atoms with E-state index < -0.39 is 13.0 Å². The summed E-state index contributed by atoms with van der Waals surface area (Å²) in [7, 11) is -0.976. The van der Waals surface area contributed by atoms with Crippen molar-refractivity contribution in [2.24, 2.45) is 17.8 Å². The summed E-state index contributed by atoms with van der Waals surface area (Å²) in [5.74, 6) is -0.863. The lowest BCUT2D eigenvalue weighted by Crippen LogP contribution is -2.50. The number of carbonyl (C=O) groups is 2. The van der Waals surface area contributed by atoms with Crippen LogP contribution in [0.5, 0.6) is 5.75 Å². The van der Waals surface area contributed by atoms with E-state index in [1.54, 1.807) is 24.3 Å². The molecule has 1 saturated heterocycles. The highest BCUT2D eigenvalue weighted by atomic mass is 35.5. The topological polar surface area (TPSA) is 83.8 Å². The van der Waals surface area contributed by atoms with Gasteiger partial charge in [0.2, 0.25) is 0 Å². The molecule has 1 heterocycles. The molecule has 2 N–H and O–H groups in total. The van der Waals surface area contributed by atoms with E-state index in [-0.39, 0.29) is 35.3 Å². The third-order valence-corrected chi connectivity index (χ3v) is 8.48. The quantitative estimate of drug-likeness (QED) is 0.335. The van der Waals surface area contributed by atoms with Crippen molar-refractivity contribution in [1.82, 2.24) is 0 Å². The molecule has 0 aromatic heterocycles. The molecule has 0 amide bonds. The third-order valence-electron chi connectivity index (χ3n) is 8.15. The second-order valence-electron chi connectivity index (χ2n) is 10.6. The summed E-state index contributed by atoms with van der Waals surface area (Å²) in [5, 5.41) is 20.9. The maximum atomic E-state index is 13.6. The molecule has 4 atom stereocenters. The molecule has 2 aromatic carbocycles. The molecule has 5 nitrogen and oxygen atoms in total. The van der Waals surface area contributed by atoms with Gasteiger partial charge in [-0.2, -0.15) is 0 Å². The van der Waals surface area contributed by atoms with Gasteiger partial charge in [-0.25, -0.2) is 0 Å². The lowest BCUT2D eigenvalue weighted by atomic mass is 9.54. The van der Waals surface area contributed by atoms with Crippen molar-refractivity contribution < 1.29 is 24.4 Å². The van der Waals surface area contributed by atoms with Crippen LogP contribution >= 0.6 is 11.6 Å². The van der Waals surface area contributed by atoms with E-state index in [0.717, 1.165) is 36.0 Å². The Kier molecular flexibility index (Phi) is 7.44. The highest BCUT2D eigenvalue weighted by molar-refractivity contribution is 6.43. The number of hydrogen-bond donors (Lipinski definition) is 2. The first-order chi connectivity index (χ1) is 17.8. The molecule has 0 saturated carbocycles. The van der Waals surface area contributed by atoms with E-state index in [1.165, 1.54) is 11.6 Å². The van der Waals surface area contributed by atoms with E-state index in [0.29, 0.717) is 35.3 Å². The van der Waals surface area contributed by atoms with Gasteiger partial charge in [0.15, 0.2) is 11.6 Å². The van der Waals surface area contributed by atoms with Gasteiger partial charge in [-0.1, -0.05) is 66.4 Å². The Labute approximate surface area is 223 Å². The fraction of sp³-hybridized carbons (Fsp3) is 0.400. The molecule has 192 valence electrons. The first kappa shape index (κ1) is 26.0. The summed E-state index contributed by atoms with van der Waals surface area (Å²) < 4.78 is 6.07. The van der Waals surface area contributed by atoms with Gasteiger partial charge in [0.1, 0.15) is 5.75 Å². The first-order valence-electron chi connectivity index (χ1n) is 13.2. The van der Waals surface area contributed by atoms with Crippen LogP contribution in [0.25, 0.3) is 6.08 Å². The van der Waals surface area contributed by atoms with E-state index in [1.807, 2.05) is 19.1 Å². The minimum atomic E-state index is -0.976. The zero-order valence-corrected chi connectivity index (χ0v) is 22.0. The zero-order valence-electron chi connectivity index (χ0n) is 21.2. The van der Waals surface area contributed by atoms with Crippen molar-refractivity contribution in [2.75, 3.05) is 0 Å². The number of rotatable bonds is 6. The SMILES string of the molecule is CCC/C(=C\c1ccc(O)cc1Cl)CC[C@H]1OB(O)C[C@H]2C1=C(C)C[C@H]1C(=O)c3ccccc3C(=O)[C@H]12. The molecular formula is C30H32BClO5. The van der Waals surface area contributed by atoms with Crippen LogP contribution in [-0.4, -0.2) is 34.9 Å². The maximum absolute atomic E-state index is 13.6. The molecule has 37 heavy (non-hydrogen) atoms. The van der Waals surface area contributed by atoms with Gasteiger partial charge in [0, 0.05) is 23.0 Å². The number of phenolic OH excluding ortho intramolecular Hbond substituents is 1. The van der Waals surface area contributed by atoms with Crippen molar-refractivity contribution in [3.05, 3.63) is 80.9 Å². The number of aromatic hydroxyl groups is 1. The van der Waals surface area contributed by atoms with Crippen molar-refractivity contribution in [3.8, 4) is 5.75 Å². The number of benzene rings is 2. The third kappa shape index (κ3) is 4.95. The molecule has 1 fully saturated rings. The standard InChI is InChI=1S/C30H32BClO5/c1-3-6-18(14-19-10-11-20(33)15-25(19)32)9-12-26-27-17(2)13-23-28(24(27)16-31(36)37-26)30(35)22-8-5-4-7-21(22)29(23)34/h4-5,7-8,10-11,14-15,23-24,26,28,33,36H,3,6,9,12-13,16H2,1-2H3/b18-14+/t23-,24+,26-,28-/m1/s1. The second-order valence-corrected chi connectivity index (χ2v) is 11.0. The largest absolute Gasteiger partial charge is 0.508 e. The van der Waals surface area contributed by atoms with Crippen LogP contribution in [0, 0.1) is 17.8 Å². The Balaban J connectivity index is 1.43. The number of hydrogen-bond acceptors (Lipinski definition) is 5. The van der Waals surface area contributed by atoms with Crippen LogP contribution in [0.1, 0.15) is 72.2 Å². The van der Waals surface area contributed by atoms with Crippen LogP contribution < -0.4 is 0 Å². The average molecular weight is 519 g/mol. The van der Waals surface area contributed by atoms with Gasteiger partial charge < -0.3 is 14.8 Å². The molecule has 2 aliphatic carbocycles. The molecule has 3 aliphatic rings. The van der Waals surface area contributed by atoms with Crippen LogP contribution in [0.15, 0.2) is 59.2 Å². The average Bonchev–Trinajstić information content (AvgIpc) is 2.87. The predicted octanol–water partition coefficient (Wildman–Crippen LogP) is 6.54. The summed E-state index contributed by atoms with van der Waals surface area (Å²) >= 11 is 6.35. The molecule has 0 bridgehead atoms. The lowest BCUT2D eigenvalue weighted by molar-refractivity contribution is 0.0601. The number of ketones is 2. The summed E-state index contributed by atoms with van der Waals surface area (Å²) in [6, 6.07) is 12.1. The molecular weight excluding hydrogens is 487 g/mol. The molecule has 0 radical (unpaired) electrons. The van der Waals surface area contributed by atoms with E-state index in [4.69, 9.17) is 16.3 Å². The summed E-state index contributed by atoms with van der Waals surface area (Å²) in [4.78, 5) is 27.0. The number of phenols is 1. The van der Waals surface area contributed by atoms with Crippen molar-refractivity contribution in [2.45, 2.75) is 58.4 Å². The van der Waals surface area contributed by atoms with Crippen LogP contribution in [0.2, 0.25) is 11.3 Å². The lowest BCUT2D eigenvalue weighted by Gasteiger charge is -2.47. The Morgan fingerprint density at radius 2 is 1.84 bits per heavy atom. The van der Waals surface area contributed by atoms with Crippen LogP contribution in [0.4, 0.5) is 0 Å². The number of allylic oxidation sites excluding steroid dienone is 2. The fourth-order valence-corrected chi connectivity index (χ4v) is 6.81. The minimum Gasteiger partial charge on any atom is -0.508 e. The van der Waals surface area contributed by atoms with Crippen LogP contribution in [0.3, 0.4) is 0 Å². The van der Waals surface area contributed by atoms with Gasteiger partial charge in [-0.05, 0) is 74.2 Å². The van der Waals surface area contributed by atoms with E-state index >= 15 is 0 Å². The fourth-order valence-electron chi connectivity index (χ4n) is 6.58. The number of halogens is 1. The molecule has 7 heteroatoms. The van der Waals surface area contributed by atoms with Crippen LogP contribution in [-0.2, 0) is 4.65 Å². The van der Waals surface area contributed by atoms with Gasteiger partial charge in [-0.3, -0.25) is 9.59 Å². The highest BCUT2D eigenvalue weighted by Crippen LogP contribution is 2.50. The van der Waals surface area contributed by atoms with Gasteiger partial charge in [0.25, 0.3) is 0 Å². The van der Waals surface area contributed by atoms with Gasteiger partial charge in [0.05, 0.1) is 11.1 Å². The predicted molar refractivity (Wildman–Crippen MR) is 146 cm³/mol. The minimum absolute atomic E-state index is 0.0107. The number of Topliss-reactive ketones (excluding diaryl/α,β-unsaturated/α-hetero) is 2. The summed E-state index contributed by atoms with van der Waals surface area (Å²) in [6.07, 6.45) is 5.90. The van der Waals surface area contributed by atoms with E-state index in [9.17, 15) is 19.7 Å². The molecule has 0 spiro atoms. The Morgan fingerprint density at radius 1 is 1.11 bits per heavy atom. The molecule has 5 rings (SSSR count). The highest BCUT2D eigenvalue weighted by Gasteiger charge is 2.52. The van der Waals surface area contributed by atoms with Gasteiger partial charge >= 0.3 is 7.12 Å². The summed E-state index contributed by atoms with van der Waals surface area (Å²) in [6.45, 7) is 4.17. The maximum Gasteiger partial charge on any atom is 0.455 e. The first-order valence-corrected chi connectivity index (χ1v) is 13.5. The summed E-state index contributed by atoms with van der Waals surface area (Å²) in [5.41, 5.74) is 5.28. The van der Waals surface area contributed by atoms with E-state index in [2.05, 4.69) is 13.0 Å². The Morgan fingerprint density at radius 3 is 2.54 bits per heavy atom. The number of fused-ring (bicyclic) bond motifs is 4. The molecule has 0 unspecified atom stereocenters. The van der Waals surface area contributed by atoms with Crippen molar-refractivity contribution >= 4 is 36.4 Å². The monoisotopic (exact) mass is 518 g/mol. The Hall–Kier alpha value is -2.67. The Bertz CT molecular complexity index is 1300. The zero-order chi connectivity index (χ0) is 26.3. The van der Waals surface area contributed by atoms with Crippen molar-refractivity contribution in [1.29, 1.82) is 0 Å². The molecule has 1 aliphatic heterocycles. The smallest absolute Gasteiger partial charge is 0.455 e. The second kappa shape index (κ2) is 10.6. The number of carbonyl (C=O) groups excluding carboxylic acids is 2. The normalized spacial score (nSPS) is 25.6. The van der Waals surface area contributed by atoms with Gasteiger partial charge in [-0.15, -0.1) is 0 Å².